The van der Waals surface area contributed by atoms with Gasteiger partial charge in [-0.2, -0.15) is 0 Å². The van der Waals surface area contributed by atoms with Crippen LogP contribution in [0.4, 0.5) is 0 Å². The summed E-state index contributed by atoms with van der Waals surface area (Å²) in [6.45, 7) is 0.863. The molecule has 0 fully saturated rings. The quantitative estimate of drug-likeness (QED) is 0.757. The fourth-order valence-electron chi connectivity index (χ4n) is 2.75. The first-order chi connectivity index (χ1) is 9.62. The number of aryl methyl sites for hydroxylation is 1. The van der Waals surface area contributed by atoms with E-state index in [4.69, 9.17) is 0 Å². The predicted molar refractivity (Wildman–Crippen MR) is 82.2 cm³/mol. The zero-order valence-corrected chi connectivity index (χ0v) is 12.9. The molecule has 2 rings (SSSR count). The van der Waals surface area contributed by atoms with Crippen LogP contribution >= 0.6 is 0 Å². The fraction of sp³-hybridized carbons (Fsp3) is 0.600. The van der Waals surface area contributed by atoms with Crippen molar-refractivity contribution < 1.29 is 8.42 Å². The van der Waals surface area contributed by atoms with Crippen molar-refractivity contribution in [2.24, 2.45) is 0 Å². The second-order valence-electron chi connectivity index (χ2n) is 5.39. The van der Waals surface area contributed by atoms with Crippen molar-refractivity contribution in [1.29, 1.82) is 0 Å². The SMILES string of the molecule is CNCCCCS(=O)(=O)NC1CCCc2ccccc21. The molecule has 0 amide bonds. The molecule has 0 radical (unpaired) electrons. The van der Waals surface area contributed by atoms with Gasteiger partial charge in [-0.25, -0.2) is 13.1 Å². The van der Waals surface area contributed by atoms with E-state index in [0.717, 1.165) is 37.8 Å². The molecular formula is C15H24N2O2S. The van der Waals surface area contributed by atoms with E-state index in [1.54, 1.807) is 0 Å². The van der Waals surface area contributed by atoms with Crippen molar-refractivity contribution in [2.75, 3.05) is 19.3 Å². The lowest BCUT2D eigenvalue weighted by atomic mass is 9.88. The minimum atomic E-state index is -3.18. The number of benzene rings is 1. The topological polar surface area (TPSA) is 58.2 Å². The van der Waals surface area contributed by atoms with Gasteiger partial charge in [-0.15, -0.1) is 0 Å². The molecule has 1 aliphatic carbocycles. The molecule has 1 atom stereocenters. The Labute approximate surface area is 122 Å². The Kier molecular flexibility index (Phi) is 5.57. The van der Waals surface area contributed by atoms with Gasteiger partial charge in [0.25, 0.3) is 0 Å². The van der Waals surface area contributed by atoms with Crippen molar-refractivity contribution in [1.82, 2.24) is 10.0 Å². The summed E-state index contributed by atoms with van der Waals surface area (Å²) in [6.07, 6.45) is 4.58. The van der Waals surface area contributed by atoms with E-state index in [-0.39, 0.29) is 11.8 Å². The maximum absolute atomic E-state index is 12.1. The second kappa shape index (κ2) is 7.20. The Morgan fingerprint density at radius 3 is 2.85 bits per heavy atom. The highest BCUT2D eigenvalue weighted by Crippen LogP contribution is 2.29. The summed E-state index contributed by atoms with van der Waals surface area (Å²) in [5.74, 6) is 0.216. The van der Waals surface area contributed by atoms with E-state index >= 15 is 0 Å². The third-order valence-corrected chi connectivity index (χ3v) is 5.25. The molecule has 0 spiro atoms. The summed E-state index contributed by atoms with van der Waals surface area (Å²) < 4.78 is 27.2. The van der Waals surface area contributed by atoms with Gasteiger partial charge >= 0.3 is 0 Å². The molecule has 1 unspecified atom stereocenters. The average Bonchev–Trinajstić information content (AvgIpc) is 2.44. The van der Waals surface area contributed by atoms with Crippen molar-refractivity contribution in [3.05, 3.63) is 35.4 Å². The molecule has 20 heavy (non-hydrogen) atoms. The molecule has 4 nitrogen and oxygen atoms in total. The molecule has 0 aliphatic heterocycles. The van der Waals surface area contributed by atoms with E-state index in [1.165, 1.54) is 5.56 Å². The smallest absolute Gasteiger partial charge is 0.212 e. The monoisotopic (exact) mass is 296 g/mol. The first kappa shape index (κ1) is 15.5. The molecule has 1 aromatic rings. The largest absolute Gasteiger partial charge is 0.320 e. The Hall–Kier alpha value is -0.910. The highest BCUT2D eigenvalue weighted by atomic mass is 32.2. The summed E-state index contributed by atoms with van der Waals surface area (Å²) in [5, 5.41) is 3.03. The number of sulfonamides is 1. The van der Waals surface area contributed by atoms with Crippen LogP contribution in [0.2, 0.25) is 0 Å². The molecule has 0 saturated carbocycles. The molecule has 1 aliphatic rings. The van der Waals surface area contributed by atoms with Crippen LogP contribution in [0.5, 0.6) is 0 Å². The van der Waals surface area contributed by atoms with Crippen molar-refractivity contribution in [2.45, 2.75) is 38.1 Å². The van der Waals surface area contributed by atoms with Crippen LogP contribution in [-0.4, -0.2) is 27.8 Å². The lowest BCUT2D eigenvalue weighted by Gasteiger charge is -2.26. The lowest BCUT2D eigenvalue weighted by Crippen LogP contribution is -2.32. The first-order valence-electron chi connectivity index (χ1n) is 7.35. The van der Waals surface area contributed by atoms with Gasteiger partial charge in [0.2, 0.25) is 10.0 Å². The van der Waals surface area contributed by atoms with Crippen LogP contribution in [0.1, 0.15) is 42.9 Å². The number of nitrogens with one attached hydrogen (secondary N) is 2. The van der Waals surface area contributed by atoms with E-state index < -0.39 is 10.0 Å². The van der Waals surface area contributed by atoms with E-state index in [2.05, 4.69) is 16.1 Å². The van der Waals surface area contributed by atoms with Crippen LogP contribution in [0, 0.1) is 0 Å². The minimum Gasteiger partial charge on any atom is -0.320 e. The van der Waals surface area contributed by atoms with Crippen molar-refractivity contribution >= 4 is 10.0 Å². The van der Waals surface area contributed by atoms with E-state index in [9.17, 15) is 8.42 Å². The highest BCUT2D eigenvalue weighted by Gasteiger charge is 2.23. The summed E-state index contributed by atoms with van der Waals surface area (Å²) in [4.78, 5) is 0. The molecule has 0 aromatic heterocycles. The van der Waals surface area contributed by atoms with Gasteiger partial charge in [0.15, 0.2) is 0 Å². The molecular weight excluding hydrogens is 272 g/mol. The third kappa shape index (κ3) is 4.30. The number of unbranched alkanes of at least 4 members (excludes halogenated alkanes) is 1. The maximum atomic E-state index is 12.1. The standard InChI is InChI=1S/C15H24N2O2S/c1-16-11-4-5-12-20(18,19)17-15-10-6-8-13-7-2-3-9-14(13)15/h2-3,7,9,15-17H,4-6,8,10-12H2,1H3. The second-order valence-corrected chi connectivity index (χ2v) is 7.26. The minimum absolute atomic E-state index is 0.0470. The summed E-state index contributed by atoms with van der Waals surface area (Å²) >= 11 is 0. The van der Waals surface area contributed by atoms with Gasteiger partial charge in [-0.05, 0) is 56.8 Å². The molecule has 0 heterocycles. The van der Waals surface area contributed by atoms with Gasteiger partial charge < -0.3 is 5.32 Å². The molecule has 0 bridgehead atoms. The zero-order valence-electron chi connectivity index (χ0n) is 12.1. The Balaban J connectivity index is 1.96. The Morgan fingerprint density at radius 2 is 2.05 bits per heavy atom. The molecule has 2 N–H and O–H groups in total. The number of hydrogen-bond donors (Lipinski definition) is 2. The molecule has 112 valence electrons. The van der Waals surface area contributed by atoms with Gasteiger partial charge in [-0.1, -0.05) is 24.3 Å². The summed E-state index contributed by atoms with van der Waals surface area (Å²) in [7, 11) is -1.30. The van der Waals surface area contributed by atoms with Crippen LogP contribution < -0.4 is 10.0 Å². The summed E-state index contributed by atoms with van der Waals surface area (Å²) in [6, 6.07) is 8.10. The summed E-state index contributed by atoms with van der Waals surface area (Å²) in [5.41, 5.74) is 2.43. The van der Waals surface area contributed by atoms with Gasteiger partial charge in [0, 0.05) is 6.04 Å². The van der Waals surface area contributed by atoms with Crippen LogP contribution in [0.3, 0.4) is 0 Å². The first-order valence-corrected chi connectivity index (χ1v) is 9.00. The van der Waals surface area contributed by atoms with Gasteiger partial charge in [0.1, 0.15) is 0 Å². The van der Waals surface area contributed by atoms with Crippen LogP contribution in [0.25, 0.3) is 0 Å². The van der Waals surface area contributed by atoms with Gasteiger partial charge in [-0.3, -0.25) is 0 Å². The number of fused-ring (bicyclic) bond motifs is 1. The number of rotatable bonds is 7. The maximum Gasteiger partial charge on any atom is 0.212 e. The van der Waals surface area contributed by atoms with E-state index in [1.807, 2.05) is 25.2 Å². The molecule has 1 aromatic carbocycles. The van der Waals surface area contributed by atoms with Crippen molar-refractivity contribution in [3.8, 4) is 0 Å². The average molecular weight is 296 g/mol. The van der Waals surface area contributed by atoms with Crippen LogP contribution in [0.15, 0.2) is 24.3 Å². The van der Waals surface area contributed by atoms with Crippen molar-refractivity contribution in [3.63, 3.8) is 0 Å². The molecule has 5 heteroatoms. The Bertz CT molecular complexity index is 528. The lowest BCUT2D eigenvalue weighted by molar-refractivity contribution is 0.505. The van der Waals surface area contributed by atoms with Gasteiger partial charge in [0.05, 0.1) is 5.75 Å². The zero-order chi connectivity index (χ0) is 14.4. The third-order valence-electron chi connectivity index (χ3n) is 3.78. The van der Waals surface area contributed by atoms with E-state index in [0.29, 0.717) is 6.42 Å². The fourth-order valence-corrected chi connectivity index (χ4v) is 4.13. The Morgan fingerprint density at radius 1 is 1.25 bits per heavy atom. The molecule has 0 saturated heterocycles. The highest BCUT2D eigenvalue weighted by molar-refractivity contribution is 7.89. The van der Waals surface area contributed by atoms with Crippen LogP contribution in [-0.2, 0) is 16.4 Å². The normalized spacial score (nSPS) is 18.8. The predicted octanol–water partition coefficient (Wildman–Crippen LogP) is 1.98. The number of hydrogen-bond acceptors (Lipinski definition) is 3.